The number of halogens is 1. The Bertz CT molecular complexity index is 307. The summed E-state index contributed by atoms with van der Waals surface area (Å²) in [6.07, 6.45) is 10.2. The highest BCUT2D eigenvalue weighted by Gasteiger charge is 1.97. The number of hydrogen-bond acceptors (Lipinski definition) is 1. The van der Waals surface area contributed by atoms with Crippen LogP contribution in [-0.2, 0) is 4.79 Å². The minimum absolute atomic E-state index is 0.387. The zero-order valence-electron chi connectivity index (χ0n) is 10.6. The van der Waals surface area contributed by atoms with E-state index >= 15 is 0 Å². The highest BCUT2D eigenvalue weighted by molar-refractivity contribution is 6.67. The van der Waals surface area contributed by atoms with Crippen LogP contribution in [0, 0.1) is 5.92 Å². The van der Waals surface area contributed by atoms with Crippen LogP contribution in [-0.4, -0.2) is 5.24 Å². The number of carbonyl (C=O) groups is 1. The van der Waals surface area contributed by atoms with Crippen LogP contribution in [0.15, 0.2) is 35.5 Å². The molecule has 2 heteroatoms. The first-order valence-corrected chi connectivity index (χ1v) is 5.99. The van der Waals surface area contributed by atoms with Crippen molar-refractivity contribution in [2.24, 2.45) is 5.92 Å². The zero-order valence-corrected chi connectivity index (χ0v) is 11.3. The second-order valence-corrected chi connectivity index (χ2v) is 4.69. The molecule has 0 N–H and O–H groups in total. The molecule has 0 aromatic heterocycles. The number of rotatable bonds is 6. The van der Waals surface area contributed by atoms with Crippen molar-refractivity contribution in [3.05, 3.63) is 35.5 Å². The Morgan fingerprint density at radius 3 is 2.44 bits per heavy atom. The molecule has 16 heavy (non-hydrogen) atoms. The molecule has 90 valence electrons. The Morgan fingerprint density at radius 2 is 1.94 bits per heavy atom. The molecule has 0 amide bonds. The first-order chi connectivity index (χ1) is 7.43. The highest BCUT2D eigenvalue weighted by Crippen LogP contribution is 2.09. The molecule has 1 atom stereocenters. The number of allylic oxidation sites excluding steroid dienone is 6. The van der Waals surface area contributed by atoms with Gasteiger partial charge >= 0.3 is 0 Å². The van der Waals surface area contributed by atoms with Gasteiger partial charge in [0.05, 0.1) is 0 Å². The number of carbonyl (C=O) groups excluding carboxylic acids is 1. The van der Waals surface area contributed by atoms with Gasteiger partial charge in [-0.15, -0.1) is 0 Å². The van der Waals surface area contributed by atoms with Gasteiger partial charge < -0.3 is 0 Å². The second kappa shape index (κ2) is 8.35. The summed E-state index contributed by atoms with van der Waals surface area (Å²) >= 11 is 5.31. The second-order valence-electron chi connectivity index (χ2n) is 4.34. The van der Waals surface area contributed by atoms with Crippen molar-refractivity contribution in [3.63, 3.8) is 0 Å². The van der Waals surface area contributed by atoms with E-state index in [0.717, 1.165) is 12.8 Å². The van der Waals surface area contributed by atoms with Gasteiger partial charge in [0.25, 0.3) is 0 Å². The SMILES string of the molecule is CC(C)=CCC[C@H](C)/C=C/C=C(\C)C(=O)Cl. The first-order valence-electron chi connectivity index (χ1n) is 5.61. The van der Waals surface area contributed by atoms with E-state index in [9.17, 15) is 4.79 Å². The summed E-state index contributed by atoms with van der Waals surface area (Å²) in [7, 11) is 0. The topological polar surface area (TPSA) is 17.1 Å². The highest BCUT2D eigenvalue weighted by atomic mass is 35.5. The van der Waals surface area contributed by atoms with Crippen LogP contribution in [0.3, 0.4) is 0 Å². The van der Waals surface area contributed by atoms with Gasteiger partial charge in [-0.3, -0.25) is 4.79 Å². The third-order valence-electron chi connectivity index (χ3n) is 2.27. The standard InChI is InChI=1S/C14H21ClO/c1-11(2)7-5-8-12(3)9-6-10-13(4)14(15)16/h6-7,9-10,12H,5,8H2,1-4H3/b9-6+,13-10+/t12-/m0/s1. The lowest BCUT2D eigenvalue weighted by Crippen LogP contribution is -1.89. The third-order valence-corrected chi connectivity index (χ3v) is 2.57. The Hall–Kier alpha value is -0.820. The molecule has 0 saturated carbocycles. The van der Waals surface area contributed by atoms with Gasteiger partial charge in [0.2, 0.25) is 5.24 Å². The van der Waals surface area contributed by atoms with E-state index < -0.39 is 0 Å². The van der Waals surface area contributed by atoms with Crippen LogP contribution < -0.4 is 0 Å². The molecule has 0 aliphatic carbocycles. The molecule has 0 bridgehead atoms. The Kier molecular flexibility index (Phi) is 7.92. The lowest BCUT2D eigenvalue weighted by Gasteiger charge is -2.02. The predicted octanol–water partition coefficient (Wildman–Crippen LogP) is 4.64. The lowest BCUT2D eigenvalue weighted by molar-refractivity contribution is -0.108. The third kappa shape index (κ3) is 8.49. The van der Waals surface area contributed by atoms with E-state index in [1.807, 2.05) is 6.08 Å². The van der Waals surface area contributed by atoms with Crippen LogP contribution in [0.1, 0.15) is 40.5 Å². The molecule has 0 fully saturated rings. The zero-order chi connectivity index (χ0) is 12.6. The van der Waals surface area contributed by atoms with Crippen molar-refractivity contribution >= 4 is 16.8 Å². The Labute approximate surface area is 104 Å². The quantitative estimate of drug-likeness (QED) is 0.286. The van der Waals surface area contributed by atoms with E-state index in [1.54, 1.807) is 13.0 Å². The van der Waals surface area contributed by atoms with E-state index in [-0.39, 0.29) is 5.24 Å². The molecule has 0 unspecified atom stereocenters. The molecule has 0 saturated heterocycles. The Balaban J connectivity index is 4.00. The van der Waals surface area contributed by atoms with Crippen molar-refractivity contribution in [2.75, 3.05) is 0 Å². The molecular weight excluding hydrogens is 220 g/mol. The lowest BCUT2D eigenvalue weighted by atomic mass is 10.0. The maximum Gasteiger partial charge on any atom is 0.248 e. The van der Waals surface area contributed by atoms with Crippen molar-refractivity contribution in [1.29, 1.82) is 0 Å². The maximum atomic E-state index is 10.7. The van der Waals surface area contributed by atoms with Gasteiger partial charge in [0.1, 0.15) is 0 Å². The summed E-state index contributed by atoms with van der Waals surface area (Å²) in [5.74, 6) is 0.519. The fourth-order valence-electron chi connectivity index (χ4n) is 1.19. The minimum Gasteiger partial charge on any atom is -0.276 e. The van der Waals surface area contributed by atoms with Gasteiger partial charge in [0, 0.05) is 5.57 Å². The molecule has 0 radical (unpaired) electrons. The van der Waals surface area contributed by atoms with Gasteiger partial charge in [-0.05, 0) is 51.1 Å². The van der Waals surface area contributed by atoms with Crippen LogP contribution in [0.2, 0.25) is 0 Å². The Morgan fingerprint density at radius 1 is 1.31 bits per heavy atom. The van der Waals surface area contributed by atoms with E-state index in [2.05, 4.69) is 32.9 Å². The molecule has 0 rings (SSSR count). The molecule has 0 heterocycles. The first kappa shape index (κ1) is 15.2. The van der Waals surface area contributed by atoms with E-state index in [4.69, 9.17) is 11.6 Å². The van der Waals surface area contributed by atoms with Gasteiger partial charge in [0.15, 0.2) is 0 Å². The van der Waals surface area contributed by atoms with Crippen molar-refractivity contribution in [3.8, 4) is 0 Å². The van der Waals surface area contributed by atoms with Crippen molar-refractivity contribution in [2.45, 2.75) is 40.5 Å². The monoisotopic (exact) mass is 240 g/mol. The molecule has 0 aromatic rings. The van der Waals surface area contributed by atoms with Crippen molar-refractivity contribution in [1.82, 2.24) is 0 Å². The fraction of sp³-hybridized carbons (Fsp3) is 0.500. The molecule has 0 aliphatic heterocycles. The van der Waals surface area contributed by atoms with Gasteiger partial charge in [-0.2, -0.15) is 0 Å². The summed E-state index contributed by atoms with van der Waals surface area (Å²) in [5.41, 5.74) is 1.94. The normalized spacial score (nSPS) is 13.9. The summed E-state index contributed by atoms with van der Waals surface area (Å²) in [5, 5.41) is -0.387. The smallest absolute Gasteiger partial charge is 0.248 e. The van der Waals surface area contributed by atoms with Crippen LogP contribution in [0.25, 0.3) is 0 Å². The predicted molar refractivity (Wildman–Crippen MR) is 71.6 cm³/mol. The molecule has 1 nitrogen and oxygen atoms in total. The largest absolute Gasteiger partial charge is 0.276 e. The van der Waals surface area contributed by atoms with Gasteiger partial charge in [-0.1, -0.05) is 36.8 Å². The molecular formula is C14H21ClO. The maximum absolute atomic E-state index is 10.7. The molecule has 0 aromatic carbocycles. The van der Waals surface area contributed by atoms with Crippen LogP contribution in [0.4, 0.5) is 0 Å². The van der Waals surface area contributed by atoms with Gasteiger partial charge in [-0.25, -0.2) is 0 Å². The van der Waals surface area contributed by atoms with Crippen molar-refractivity contribution < 1.29 is 4.79 Å². The average molecular weight is 241 g/mol. The summed E-state index contributed by atoms with van der Waals surface area (Å²) in [4.78, 5) is 10.7. The molecule has 0 aliphatic rings. The summed E-state index contributed by atoms with van der Waals surface area (Å²) in [6.45, 7) is 8.10. The summed E-state index contributed by atoms with van der Waals surface area (Å²) < 4.78 is 0. The van der Waals surface area contributed by atoms with E-state index in [1.165, 1.54) is 5.57 Å². The summed E-state index contributed by atoms with van der Waals surface area (Å²) in [6, 6.07) is 0. The van der Waals surface area contributed by atoms with Crippen LogP contribution in [0.5, 0.6) is 0 Å². The number of hydrogen-bond donors (Lipinski definition) is 0. The van der Waals surface area contributed by atoms with Crippen LogP contribution >= 0.6 is 11.6 Å². The molecule has 0 spiro atoms. The van der Waals surface area contributed by atoms with E-state index in [0.29, 0.717) is 11.5 Å². The minimum atomic E-state index is -0.387. The fourth-order valence-corrected chi connectivity index (χ4v) is 1.25. The average Bonchev–Trinajstić information content (AvgIpc) is 2.16.